The van der Waals surface area contributed by atoms with Gasteiger partial charge in [0, 0.05) is 38.1 Å². The van der Waals surface area contributed by atoms with Gasteiger partial charge in [-0.25, -0.2) is 0 Å². The Hall–Kier alpha value is -1.10. The molecule has 0 spiro atoms. The Bertz CT molecular complexity index is 875. The number of aliphatic hydroxyl groups is 2. The fourth-order valence-corrected chi connectivity index (χ4v) is 4.57. The number of nitrogens with zero attached hydrogens (tertiary/aromatic N) is 1. The first-order valence-electron chi connectivity index (χ1n) is 11.3. The molecule has 0 aromatic heterocycles. The Labute approximate surface area is 215 Å². The lowest BCUT2D eigenvalue weighted by atomic mass is 9.78. The van der Waals surface area contributed by atoms with Gasteiger partial charge in [0.1, 0.15) is 36.9 Å². The lowest BCUT2D eigenvalue weighted by Crippen LogP contribution is -2.47. The van der Waals surface area contributed by atoms with Gasteiger partial charge in [-0.2, -0.15) is 0 Å². The third-order valence-electron chi connectivity index (χ3n) is 5.96. The van der Waals surface area contributed by atoms with E-state index in [0.29, 0.717) is 6.54 Å². The first-order chi connectivity index (χ1) is 15.8. The van der Waals surface area contributed by atoms with Crippen molar-refractivity contribution in [2.45, 2.75) is 31.5 Å². The minimum atomic E-state index is -0.678. The Balaban J connectivity index is 1.57. The standard InChI is InChI=1S/C25H34ClIN2O4/c1-25(2,19-5-8-24(23(27)13-19)33-16-20(30)14-26)18-3-6-22(7-4-18)32-17-21(31)15-29-11-9-28-10-12-29/h3-8,13,20-21,28,30-31H,9-12,14-17H2,1-2H3/t20-,21+/m1/s1. The van der Waals surface area contributed by atoms with Crippen LogP contribution in [0.1, 0.15) is 25.0 Å². The molecule has 1 aliphatic rings. The number of alkyl halides is 1. The maximum absolute atomic E-state index is 10.3. The van der Waals surface area contributed by atoms with Gasteiger partial charge in [0.25, 0.3) is 0 Å². The van der Waals surface area contributed by atoms with E-state index in [-0.39, 0.29) is 24.5 Å². The van der Waals surface area contributed by atoms with Crippen molar-refractivity contribution in [1.29, 1.82) is 0 Å². The summed E-state index contributed by atoms with van der Waals surface area (Å²) in [6.45, 7) is 9.32. The van der Waals surface area contributed by atoms with E-state index < -0.39 is 12.2 Å². The van der Waals surface area contributed by atoms with Gasteiger partial charge in [0.05, 0.1) is 9.45 Å². The molecule has 33 heavy (non-hydrogen) atoms. The van der Waals surface area contributed by atoms with Crippen LogP contribution in [0.4, 0.5) is 0 Å². The summed E-state index contributed by atoms with van der Waals surface area (Å²) in [5.41, 5.74) is 2.12. The highest BCUT2D eigenvalue weighted by Gasteiger charge is 2.24. The molecular weight excluding hydrogens is 555 g/mol. The first kappa shape index (κ1) is 26.5. The summed E-state index contributed by atoms with van der Waals surface area (Å²) in [5, 5.41) is 23.2. The van der Waals surface area contributed by atoms with Crippen LogP contribution < -0.4 is 14.8 Å². The second-order valence-electron chi connectivity index (χ2n) is 8.93. The molecule has 3 N–H and O–H groups in total. The van der Waals surface area contributed by atoms with E-state index in [1.807, 2.05) is 18.2 Å². The monoisotopic (exact) mass is 588 g/mol. The number of aliphatic hydroxyl groups excluding tert-OH is 2. The van der Waals surface area contributed by atoms with Crippen LogP contribution in [0.2, 0.25) is 0 Å². The number of rotatable bonds is 11. The van der Waals surface area contributed by atoms with Gasteiger partial charge in [0.2, 0.25) is 0 Å². The maximum Gasteiger partial charge on any atom is 0.132 e. The SMILES string of the molecule is CC(C)(c1ccc(OC[C@@H](O)CN2CCNCC2)cc1)c1ccc(OC[C@H](O)CCl)c(I)c1. The molecule has 0 aliphatic carbocycles. The van der Waals surface area contributed by atoms with E-state index in [0.717, 1.165) is 46.8 Å². The smallest absolute Gasteiger partial charge is 0.132 e. The first-order valence-corrected chi connectivity index (χ1v) is 12.9. The zero-order chi connectivity index (χ0) is 23.8. The molecule has 182 valence electrons. The van der Waals surface area contributed by atoms with Crippen LogP contribution in [0.25, 0.3) is 0 Å². The molecule has 3 rings (SSSR count). The third-order valence-corrected chi connectivity index (χ3v) is 7.16. The number of hydrogen-bond donors (Lipinski definition) is 3. The number of hydrogen-bond acceptors (Lipinski definition) is 6. The van der Waals surface area contributed by atoms with Gasteiger partial charge in [-0.05, 0) is 58.0 Å². The Morgan fingerprint density at radius 1 is 1.00 bits per heavy atom. The average molecular weight is 589 g/mol. The molecule has 0 amide bonds. The van der Waals surface area contributed by atoms with Crippen LogP contribution in [0.15, 0.2) is 42.5 Å². The van der Waals surface area contributed by atoms with Crippen molar-refractivity contribution in [2.24, 2.45) is 0 Å². The molecule has 0 saturated carbocycles. The maximum atomic E-state index is 10.3. The van der Waals surface area contributed by atoms with Gasteiger partial charge in [-0.3, -0.25) is 4.90 Å². The largest absolute Gasteiger partial charge is 0.491 e. The summed E-state index contributed by atoms with van der Waals surface area (Å²) in [6.07, 6.45) is -1.19. The zero-order valence-electron chi connectivity index (χ0n) is 19.3. The molecule has 0 bridgehead atoms. The van der Waals surface area contributed by atoms with Crippen molar-refractivity contribution < 1.29 is 19.7 Å². The molecule has 0 unspecified atom stereocenters. The Morgan fingerprint density at radius 2 is 1.64 bits per heavy atom. The fourth-order valence-electron chi connectivity index (χ4n) is 3.81. The molecule has 1 fully saturated rings. The number of piperazine rings is 1. The van der Waals surface area contributed by atoms with Crippen molar-refractivity contribution in [3.8, 4) is 11.5 Å². The van der Waals surface area contributed by atoms with Gasteiger partial charge >= 0.3 is 0 Å². The highest BCUT2D eigenvalue weighted by Crippen LogP contribution is 2.35. The van der Waals surface area contributed by atoms with E-state index in [1.54, 1.807) is 0 Å². The van der Waals surface area contributed by atoms with Crippen LogP contribution in [-0.2, 0) is 5.41 Å². The van der Waals surface area contributed by atoms with E-state index in [2.05, 4.69) is 70.9 Å². The summed E-state index contributed by atoms with van der Waals surface area (Å²) in [6, 6.07) is 14.2. The lowest BCUT2D eigenvalue weighted by molar-refractivity contribution is 0.0641. The van der Waals surface area contributed by atoms with Gasteiger partial charge in [-0.15, -0.1) is 11.6 Å². The molecule has 1 aliphatic heterocycles. The molecule has 1 heterocycles. The summed E-state index contributed by atoms with van der Waals surface area (Å²) in [7, 11) is 0. The van der Waals surface area contributed by atoms with Gasteiger partial charge in [0.15, 0.2) is 0 Å². The Morgan fingerprint density at radius 3 is 2.27 bits per heavy atom. The van der Waals surface area contributed by atoms with E-state index in [1.165, 1.54) is 5.56 Å². The van der Waals surface area contributed by atoms with E-state index in [9.17, 15) is 10.2 Å². The van der Waals surface area contributed by atoms with Crippen molar-refractivity contribution in [3.63, 3.8) is 0 Å². The average Bonchev–Trinajstić information content (AvgIpc) is 2.82. The predicted octanol–water partition coefficient (Wildman–Crippen LogP) is 3.24. The van der Waals surface area contributed by atoms with Crippen LogP contribution in [-0.4, -0.2) is 79.1 Å². The molecule has 2 atom stereocenters. The summed E-state index contributed by atoms with van der Waals surface area (Å²) in [4.78, 5) is 2.26. The molecule has 8 heteroatoms. The molecular formula is C25H34ClIN2O4. The number of halogens is 2. The minimum Gasteiger partial charge on any atom is -0.491 e. The second-order valence-corrected chi connectivity index (χ2v) is 10.4. The lowest BCUT2D eigenvalue weighted by Gasteiger charge is -2.29. The summed E-state index contributed by atoms with van der Waals surface area (Å²) < 4.78 is 12.5. The predicted molar refractivity (Wildman–Crippen MR) is 141 cm³/mol. The summed E-state index contributed by atoms with van der Waals surface area (Å²) in [5.74, 6) is 1.64. The van der Waals surface area contributed by atoms with Crippen LogP contribution in [0.3, 0.4) is 0 Å². The number of benzene rings is 2. The zero-order valence-corrected chi connectivity index (χ0v) is 22.2. The minimum absolute atomic E-state index is 0.149. The van der Waals surface area contributed by atoms with Crippen molar-refractivity contribution in [3.05, 3.63) is 57.2 Å². The highest BCUT2D eigenvalue weighted by molar-refractivity contribution is 14.1. The van der Waals surface area contributed by atoms with Crippen molar-refractivity contribution >= 4 is 34.2 Å². The van der Waals surface area contributed by atoms with E-state index in [4.69, 9.17) is 21.1 Å². The van der Waals surface area contributed by atoms with Crippen molar-refractivity contribution in [2.75, 3.05) is 51.8 Å². The number of β-amino-alcohol motifs (C(OH)–C–C–N with tert-alkyl or cyclic N) is 1. The molecule has 2 aromatic carbocycles. The molecule has 1 saturated heterocycles. The van der Waals surface area contributed by atoms with Crippen LogP contribution >= 0.6 is 34.2 Å². The quantitative estimate of drug-likeness (QED) is 0.277. The van der Waals surface area contributed by atoms with Crippen LogP contribution in [0, 0.1) is 3.57 Å². The Kier molecular flexibility index (Phi) is 10.1. The van der Waals surface area contributed by atoms with Gasteiger partial charge < -0.3 is 25.0 Å². The second kappa shape index (κ2) is 12.6. The number of nitrogens with one attached hydrogen (secondary N) is 1. The van der Waals surface area contributed by atoms with E-state index >= 15 is 0 Å². The van der Waals surface area contributed by atoms with Crippen molar-refractivity contribution in [1.82, 2.24) is 10.2 Å². The number of ether oxygens (including phenoxy) is 2. The normalized spacial score (nSPS) is 16.9. The fraction of sp³-hybridized carbons (Fsp3) is 0.520. The summed E-state index contributed by atoms with van der Waals surface area (Å²) >= 11 is 7.90. The topological polar surface area (TPSA) is 74.2 Å². The van der Waals surface area contributed by atoms with Crippen LogP contribution in [0.5, 0.6) is 11.5 Å². The third kappa shape index (κ3) is 7.70. The molecule has 6 nitrogen and oxygen atoms in total. The highest BCUT2D eigenvalue weighted by atomic mass is 127. The molecule has 2 aromatic rings. The van der Waals surface area contributed by atoms with Gasteiger partial charge in [-0.1, -0.05) is 32.0 Å². The molecule has 0 radical (unpaired) electrons.